The molecule has 1 aromatic carbocycles. The highest BCUT2D eigenvalue weighted by atomic mass is 32.1. The molecule has 0 unspecified atom stereocenters. The summed E-state index contributed by atoms with van der Waals surface area (Å²) in [4.78, 5) is 13.8. The Morgan fingerprint density at radius 3 is 2.16 bits per heavy atom. The maximum atomic E-state index is 12.7. The van der Waals surface area contributed by atoms with Crippen LogP contribution in [-0.4, -0.2) is 25.7 Å². The van der Waals surface area contributed by atoms with E-state index in [1.807, 2.05) is 45.2 Å². The van der Waals surface area contributed by atoms with Crippen LogP contribution in [0.15, 0.2) is 29.6 Å². The molecule has 1 aromatic heterocycles. The standard InChI is InChI=1S/C19H25NO4S/c1-5-22-15-11-14(12-16(23-6-2)18(15)24-7-3)19(21)20-13(4)17-9-8-10-25-17/h8-13H,5-7H2,1-4H3,(H,20,21)/t13-/m1/s1. The monoisotopic (exact) mass is 363 g/mol. The van der Waals surface area contributed by atoms with E-state index in [4.69, 9.17) is 14.2 Å². The normalized spacial score (nSPS) is 11.7. The Labute approximate surface area is 152 Å². The van der Waals surface area contributed by atoms with Crippen molar-refractivity contribution in [3.05, 3.63) is 40.1 Å². The van der Waals surface area contributed by atoms with Crippen molar-refractivity contribution < 1.29 is 19.0 Å². The molecule has 5 nitrogen and oxygen atoms in total. The van der Waals surface area contributed by atoms with Crippen molar-refractivity contribution in [1.29, 1.82) is 0 Å². The fourth-order valence-electron chi connectivity index (χ4n) is 2.41. The zero-order valence-electron chi connectivity index (χ0n) is 15.1. The van der Waals surface area contributed by atoms with Gasteiger partial charge in [0.1, 0.15) is 0 Å². The quantitative estimate of drug-likeness (QED) is 0.716. The summed E-state index contributed by atoms with van der Waals surface area (Å²) in [6, 6.07) is 7.32. The van der Waals surface area contributed by atoms with Crippen molar-refractivity contribution in [2.45, 2.75) is 33.7 Å². The summed E-state index contributed by atoms with van der Waals surface area (Å²) in [6.07, 6.45) is 0. The smallest absolute Gasteiger partial charge is 0.252 e. The number of rotatable bonds is 9. The number of hydrogen-bond acceptors (Lipinski definition) is 5. The van der Waals surface area contributed by atoms with Gasteiger partial charge < -0.3 is 19.5 Å². The lowest BCUT2D eigenvalue weighted by atomic mass is 10.1. The Morgan fingerprint density at radius 2 is 1.68 bits per heavy atom. The van der Waals surface area contributed by atoms with Crippen LogP contribution in [0.3, 0.4) is 0 Å². The average Bonchev–Trinajstić information content (AvgIpc) is 3.12. The second-order valence-electron chi connectivity index (χ2n) is 5.31. The van der Waals surface area contributed by atoms with E-state index in [1.165, 1.54) is 0 Å². The van der Waals surface area contributed by atoms with Gasteiger partial charge in [-0.15, -0.1) is 11.3 Å². The number of thiophene rings is 1. The molecule has 0 saturated carbocycles. The van der Waals surface area contributed by atoms with Gasteiger partial charge in [-0.05, 0) is 51.3 Å². The van der Waals surface area contributed by atoms with Gasteiger partial charge in [-0.25, -0.2) is 0 Å². The van der Waals surface area contributed by atoms with Gasteiger partial charge in [0.25, 0.3) is 5.91 Å². The van der Waals surface area contributed by atoms with E-state index in [-0.39, 0.29) is 11.9 Å². The van der Waals surface area contributed by atoms with Gasteiger partial charge >= 0.3 is 0 Å². The summed E-state index contributed by atoms with van der Waals surface area (Å²) in [7, 11) is 0. The first-order chi connectivity index (χ1) is 12.1. The Morgan fingerprint density at radius 1 is 1.08 bits per heavy atom. The fourth-order valence-corrected chi connectivity index (χ4v) is 3.14. The van der Waals surface area contributed by atoms with Crippen LogP contribution in [-0.2, 0) is 0 Å². The third kappa shape index (κ3) is 4.89. The van der Waals surface area contributed by atoms with Crippen molar-refractivity contribution in [1.82, 2.24) is 5.32 Å². The molecule has 0 aliphatic heterocycles. The van der Waals surface area contributed by atoms with E-state index < -0.39 is 0 Å². The van der Waals surface area contributed by atoms with E-state index >= 15 is 0 Å². The largest absolute Gasteiger partial charge is 0.490 e. The van der Waals surface area contributed by atoms with Crippen LogP contribution in [0, 0.1) is 0 Å². The van der Waals surface area contributed by atoms with E-state index in [2.05, 4.69) is 5.32 Å². The molecular formula is C19H25NO4S. The van der Waals surface area contributed by atoms with Crippen LogP contribution in [0.1, 0.15) is 49.0 Å². The highest BCUT2D eigenvalue weighted by molar-refractivity contribution is 7.10. The molecular weight excluding hydrogens is 338 g/mol. The molecule has 0 saturated heterocycles. The SMILES string of the molecule is CCOc1cc(C(=O)N[C@H](C)c2cccs2)cc(OCC)c1OCC. The molecule has 1 N–H and O–H groups in total. The number of amides is 1. The van der Waals surface area contributed by atoms with Crippen molar-refractivity contribution >= 4 is 17.2 Å². The molecule has 0 aliphatic rings. The highest BCUT2D eigenvalue weighted by Crippen LogP contribution is 2.39. The Hall–Kier alpha value is -2.21. The van der Waals surface area contributed by atoms with Gasteiger partial charge in [0.2, 0.25) is 5.75 Å². The summed E-state index contributed by atoms with van der Waals surface area (Å²) in [5.74, 6) is 1.40. The number of ether oxygens (including phenoxy) is 3. The maximum absolute atomic E-state index is 12.7. The predicted molar refractivity (Wildman–Crippen MR) is 100 cm³/mol. The molecule has 2 rings (SSSR count). The molecule has 2 aromatic rings. The number of carbonyl (C=O) groups excluding carboxylic acids is 1. The first-order valence-corrected chi connectivity index (χ1v) is 9.39. The number of benzene rings is 1. The summed E-state index contributed by atoms with van der Waals surface area (Å²) < 4.78 is 17.0. The van der Waals surface area contributed by atoms with Crippen LogP contribution in [0.25, 0.3) is 0 Å². The molecule has 1 atom stereocenters. The van der Waals surface area contributed by atoms with Gasteiger partial charge in [-0.2, -0.15) is 0 Å². The van der Waals surface area contributed by atoms with Crippen LogP contribution < -0.4 is 19.5 Å². The number of carbonyl (C=O) groups is 1. The Balaban J connectivity index is 2.30. The number of hydrogen-bond donors (Lipinski definition) is 1. The van der Waals surface area contributed by atoms with Crippen LogP contribution in [0.5, 0.6) is 17.2 Å². The molecule has 0 bridgehead atoms. The molecule has 136 valence electrons. The highest BCUT2D eigenvalue weighted by Gasteiger charge is 2.19. The molecule has 6 heteroatoms. The topological polar surface area (TPSA) is 56.8 Å². The average molecular weight is 363 g/mol. The lowest BCUT2D eigenvalue weighted by molar-refractivity contribution is 0.0939. The lowest BCUT2D eigenvalue weighted by Crippen LogP contribution is -2.26. The summed E-state index contributed by atoms with van der Waals surface area (Å²) in [5, 5.41) is 5.00. The van der Waals surface area contributed by atoms with Gasteiger partial charge in [-0.1, -0.05) is 6.07 Å². The predicted octanol–water partition coefficient (Wildman–Crippen LogP) is 4.44. The minimum Gasteiger partial charge on any atom is -0.490 e. The molecule has 25 heavy (non-hydrogen) atoms. The zero-order chi connectivity index (χ0) is 18.2. The molecule has 0 radical (unpaired) electrons. The minimum atomic E-state index is -0.175. The minimum absolute atomic E-state index is 0.0647. The second kappa shape index (κ2) is 9.32. The van der Waals surface area contributed by atoms with Crippen LogP contribution in [0.2, 0.25) is 0 Å². The molecule has 1 heterocycles. The molecule has 1 amide bonds. The molecule has 0 spiro atoms. The van der Waals surface area contributed by atoms with Crippen molar-refractivity contribution in [2.24, 2.45) is 0 Å². The van der Waals surface area contributed by atoms with Crippen LogP contribution in [0.4, 0.5) is 0 Å². The zero-order valence-corrected chi connectivity index (χ0v) is 15.9. The summed E-state index contributed by atoms with van der Waals surface area (Å²) in [5.41, 5.74) is 0.485. The van der Waals surface area contributed by atoms with Gasteiger partial charge in [-0.3, -0.25) is 4.79 Å². The summed E-state index contributed by atoms with van der Waals surface area (Å²) in [6.45, 7) is 9.08. The Kier molecular flexibility index (Phi) is 7.13. The third-order valence-electron chi connectivity index (χ3n) is 3.49. The van der Waals surface area contributed by atoms with Crippen molar-refractivity contribution in [2.75, 3.05) is 19.8 Å². The van der Waals surface area contributed by atoms with Crippen molar-refractivity contribution in [3.8, 4) is 17.2 Å². The molecule has 0 fully saturated rings. The maximum Gasteiger partial charge on any atom is 0.252 e. The van der Waals surface area contributed by atoms with E-state index in [9.17, 15) is 4.79 Å². The van der Waals surface area contributed by atoms with Gasteiger partial charge in [0.15, 0.2) is 11.5 Å². The molecule has 0 aliphatic carbocycles. The third-order valence-corrected chi connectivity index (χ3v) is 4.54. The van der Waals surface area contributed by atoms with Crippen LogP contribution >= 0.6 is 11.3 Å². The van der Waals surface area contributed by atoms with Crippen molar-refractivity contribution in [3.63, 3.8) is 0 Å². The second-order valence-corrected chi connectivity index (χ2v) is 6.29. The fraction of sp³-hybridized carbons (Fsp3) is 0.421. The number of nitrogens with one attached hydrogen (secondary N) is 1. The first-order valence-electron chi connectivity index (χ1n) is 8.51. The van der Waals surface area contributed by atoms with Gasteiger partial charge in [0, 0.05) is 10.4 Å². The Bertz CT molecular complexity index is 658. The lowest BCUT2D eigenvalue weighted by Gasteiger charge is -2.18. The van der Waals surface area contributed by atoms with E-state index in [1.54, 1.807) is 23.5 Å². The van der Waals surface area contributed by atoms with Gasteiger partial charge in [0.05, 0.1) is 25.9 Å². The summed E-state index contributed by atoms with van der Waals surface area (Å²) >= 11 is 1.62. The van der Waals surface area contributed by atoms with E-state index in [0.29, 0.717) is 42.6 Å². The first kappa shape index (κ1) is 19.1. The van der Waals surface area contributed by atoms with E-state index in [0.717, 1.165) is 4.88 Å².